The van der Waals surface area contributed by atoms with E-state index in [0.717, 1.165) is 21.7 Å². The van der Waals surface area contributed by atoms with Crippen molar-refractivity contribution in [3.05, 3.63) is 85.2 Å². The summed E-state index contributed by atoms with van der Waals surface area (Å²) >= 11 is 1.48. The first-order valence-electron chi connectivity index (χ1n) is 8.15. The van der Waals surface area contributed by atoms with Crippen LogP contribution in [0, 0.1) is 6.92 Å². The number of aromatic nitrogens is 2. The molecule has 0 amide bonds. The second kappa shape index (κ2) is 6.55. The number of nitrogens with zero attached hydrogens (tertiary/aromatic N) is 1. The van der Waals surface area contributed by atoms with Gasteiger partial charge in [0.25, 0.3) is 5.56 Å². The number of hydrogen-bond donors (Lipinski definition) is 2. The van der Waals surface area contributed by atoms with Crippen molar-refractivity contribution in [3.63, 3.8) is 0 Å². The highest BCUT2D eigenvalue weighted by Gasteiger charge is 2.27. The van der Waals surface area contributed by atoms with Crippen molar-refractivity contribution < 1.29 is 9.84 Å². The Labute approximate surface area is 149 Å². The van der Waals surface area contributed by atoms with Gasteiger partial charge in [-0.2, -0.15) is 0 Å². The molecule has 2 N–H and O–H groups in total. The van der Waals surface area contributed by atoms with Gasteiger partial charge in [0, 0.05) is 16.0 Å². The number of ether oxygens (including phenoxy) is 1. The van der Waals surface area contributed by atoms with Crippen LogP contribution in [0.1, 0.15) is 44.2 Å². The van der Waals surface area contributed by atoms with Crippen molar-refractivity contribution in [2.45, 2.75) is 25.6 Å². The number of aryl methyl sites for hydroxylation is 1. The first-order chi connectivity index (χ1) is 12.1. The summed E-state index contributed by atoms with van der Waals surface area (Å²) < 4.78 is 6.04. The number of nitrogens with one attached hydrogen (secondary N) is 1. The summed E-state index contributed by atoms with van der Waals surface area (Å²) in [6.07, 6.45) is 2.51. The quantitative estimate of drug-likeness (QED) is 0.758. The van der Waals surface area contributed by atoms with Gasteiger partial charge in [-0.1, -0.05) is 24.3 Å². The topological polar surface area (TPSA) is 75.2 Å². The Morgan fingerprint density at radius 1 is 1.36 bits per heavy atom. The normalized spacial score (nSPS) is 17.9. The molecule has 128 valence electrons. The second-order valence-corrected chi connectivity index (χ2v) is 7.39. The summed E-state index contributed by atoms with van der Waals surface area (Å²) in [6, 6.07) is 10.2. The zero-order valence-corrected chi connectivity index (χ0v) is 14.5. The Bertz CT molecular complexity index is 963. The fraction of sp³-hybridized carbons (Fsp3) is 0.263. The largest absolute Gasteiger partial charge is 0.383 e. The van der Waals surface area contributed by atoms with E-state index in [1.807, 2.05) is 25.1 Å². The van der Waals surface area contributed by atoms with Crippen LogP contribution in [0.25, 0.3) is 0 Å². The second-order valence-electron chi connectivity index (χ2n) is 6.10. The highest BCUT2D eigenvalue weighted by Crippen LogP contribution is 2.39. The number of aliphatic hydroxyl groups is 1. The Balaban J connectivity index is 1.73. The molecule has 3 aromatic rings. The van der Waals surface area contributed by atoms with Gasteiger partial charge in [-0.15, -0.1) is 11.3 Å². The lowest BCUT2D eigenvalue weighted by Crippen LogP contribution is -2.17. The molecule has 25 heavy (non-hydrogen) atoms. The predicted molar refractivity (Wildman–Crippen MR) is 95.9 cm³/mol. The lowest BCUT2D eigenvalue weighted by Gasteiger charge is -2.26. The maximum absolute atomic E-state index is 11.9. The van der Waals surface area contributed by atoms with Crippen LogP contribution in [0.3, 0.4) is 0 Å². The van der Waals surface area contributed by atoms with Crippen LogP contribution in [0.15, 0.2) is 47.7 Å². The molecule has 0 radical (unpaired) electrons. The van der Waals surface area contributed by atoms with Crippen molar-refractivity contribution in [3.8, 4) is 0 Å². The number of fused-ring (bicyclic) bond motifs is 1. The van der Waals surface area contributed by atoms with E-state index in [2.05, 4.69) is 22.1 Å². The molecular weight excluding hydrogens is 336 g/mol. The highest BCUT2D eigenvalue weighted by molar-refractivity contribution is 7.12. The minimum absolute atomic E-state index is 0.130. The monoisotopic (exact) mass is 354 g/mol. The number of hydrogen-bond acceptors (Lipinski definition) is 5. The fourth-order valence-corrected chi connectivity index (χ4v) is 4.33. The van der Waals surface area contributed by atoms with Crippen LogP contribution in [0.4, 0.5) is 0 Å². The lowest BCUT2D eigenvalue weighted by atomic mass is 9.93. The average Bonchev–Trinajstić information content (AvgIpc) is 3.02. The molecule has 5 nitrogen and oxygen atoms in total. The zero-order chi connectivity index (χ0) is 17.4. The SMILES string of the molecule is Cc1sc(C(O)c2cnc[nH]c2=O)cc1[C@@H]1OCCc2ccccc21. The molecule has 4 rings (SSSR count). The third kappa shape index (κ3) is 2.93. The van der Waals surface area contributed by atoms with Gasteiger partial charge in [0.2, 0.25) is 0 Å². The van der Waals surface area contributed by atoms with Gasteiger partial charge in [0.05, 0.1) is 18.5 Å². The summed E-state index contributed by atoms with van der Waals surface area (Å²) in [4.78, 5) is 20.1. The lowest BCUT2D eigenvalue weighted by molar-refractivity contribution is 0.0697. The maximum Gasteiger partial charge on any atom is 0.256 e. The highest BCUT2D eigenvalue weighted by atomic mass is 32.1. The molecule has 0 bridgehead atoms. The van der Waals surface area contributed by atoms with Gasteiger partial charge in [-0.25, -0.2) is 4.98 Å². The summed E-state index contributed by atoms with van der Waals surface area (Å²) in [7, 11) is 0. The van der Waals surface area contributed by atoms with Gasteiger partial charge >= 0.3 is 0 Å². The van der Waals surface area contributed by atoms with Crippen molar-refractivity contribution in [2.75, 3.05) is 6.61 Å². The minimum atomic E-state index is -0.992. The first-order valence-corrected chi connectivity index (χ1v) is 8.97. The van der Waals surface area contributed by atoms with Gasteiger partial charge in [0.1, 0.15) is 12.2 Å². The fourth-order valence-electron chi connectivity index (χ4n) is 3.27. The molecule has 1 unspecified atom stereocenters. The number of aromatic amines is 1. The van der Waals surface area contributed by atoms with E-state index in [0.29, 0.717) is 6.61 Å². The third-order valence-electron chi connectivity index (χ3n) is 4.56. The van der Waals surface area contributed by atoms with E-state index in [9.17, 15) is 9.90 Å². The average molecular weight is 354 g/mol. The van der Waals surface area contributed by atoms with Crippen molar-refractivity contribution in [1.29, 1.82) is 0 Å². The molecule has 6 heteroatoms. The smallest absolute Gasteiger partial charge is 0.256 e. The molecule has 0 saturated heterocycles. The number of aliphatic hydroxyl groups excluding tert-OH is 1. The van der Waals surface area contributed by atoms with Crippen LogP contribution in [-0.2, 0) is 11.2 Å². The Kier molecular flexibility index (Phi) is 4.25. The van der Waals surface area contributed by atoms with Gasteiger partial charge < -0.3 is 14.8 Å². The molecule has 0 aliphatic carbocycles. The molecule has 2 aromatic heterocycles. The van der Waals surface area contributed by atoms with E-state index in [4.69, 9.17) is 4.74 Å². The standard InChI is InChI=1S/C19H18N2O3S/c1-11-14(18-13-5-3-2-4-12(13)6-7-24-18)8-16(25-11)17(22)15-9-20-10-21-19(15)23/h2-5,8-10,17-18,22H,6-7H2,1H3,(H,20,21,23)/t17?,18-/m1/s1. The van der Waals surface area contributed by atoms with Gasteiger partial charge in [-0.05, 0) is 36.1 Å². The summed E-state index contributed by atoms with van der Waals surface area (Å²) in [5.41, 5.74) is 3.45. The summed E-state index contributed by atoms with van der Waals surface area (Å²) in [5, 5.41) is 10.6. The van der Waals surface area contributed by atoms with Crippen molar-refractivity contribution in [1.82, 2.24) is 9.97 Å². The molecule has 2 atom stereocenters. The number of H-pyrrole nitrogens is 1. The van der Waals surface area contributed by atoms with Crippen LogP contribution in [0.5, 0.6) is 0 Å². The zero-order valence-electron chi connectivity index (χ0n) is 13.7. The van der Waals surface area contributed by atoms with Crippen LogP contribution in [0.2, 0.25) is 0 Å². The van der Waals surface area contributed by atoms with Crippen molar-refractivity contribution in [2.24, 2.45) is 0 Å². The number of thiophene rings is 1. The molecular formula is C19H18N2O3S. The third-order valence-corrected chi connectivity index (χ3v) is 5.68. The van der Waals surface area contributed by atoms with E-state index >= 15 is 0 Å². The minimum Gasteiger partial charge on any atom is -0.383 e. The van der Waals surface area contributed by atoms with Crippen LogP contribution >= 0.6 is 11.3 Å². The van der Waals surface area contributed by atoms with Crippen LogP contribution < -0.4 is 5.56 Å². The summed E-state index contributed by atoms with van der Waals surface area (Å²) in [6.45, 7) is 2.70. The Hall–Kier alpha value is -2.28. The number of benzene rings is 1. The molecule has 1 aliphatic rings. The molecule has 1 aromatic carbocycles. The maximum atomic E-state index is 11.9. The predicted octanol–water partition coefficient (Wildman–Crippen LogP) is 2.88. The Morgan fingerprint density at radius 3 is 3.04 bits per heavy atom. The van der Waals surface area contributed by atoms with Crippen molar-refractivity contribution >= 4 is 11.3 Å². The molecule has 3 heterocycles. The van der Waals surface area contributed by atoms with E-state index in [1.165, 1.54) is 35.0 Å². The number of rotatable bonds is 3. The molecule has 0 saturated carbocycles. The Morgan fingerprint density at radius 2 is 2.20 bits per heavy atom. The summed E-state index contributed by atoms with van der Waals surface area (Å²) in [5.74, 6) is 0. The van der Waals surface area contributed by atoms with E-state index in [1.54, 1.807) is 0 Å². The molecule has 0 fully saturated rings. The van der Waals surface area contributed by atoms with E-state index in [-0.39, 0.29) is 17.2 Å². The van der Waals surface area contributed by atoms with Crippen LogP contribution in [-0.4, -0.2) is 21.7 Å². The molecule has 0 spiro atoms. The molecule has 1 aliphatic heterocycles. The first kappa shape index (κ1) is 16.2. The van der Waals surface area contributed by atoms with E-state index < -0.39 is 6.10 Å². The van der Waals surface area contributed by atoms with Gasteiger partial charge in [0.15, 0.2) is 0 Å². The van der Waals surface area contributed by atoms with Gasteiger partial charge in [-0.3, -0.25) is 4.79 Å².